The molecular weight excluding hydrogens is 460 g/mol. The highest BCUT2D eigenvalue weighted by Gasteiger charge is 2.29. The number of piperidine rings is 1. The van der Waals surface area contributed by atoms with Crippen molar-refractivity contribution in [3.8, 4) is 17.3 Å². The number of nitrogens with two attached hydrogens (primary N) is 1. The van der Waals surface area contributed by atoms with Gasteiger partial charge in [-0.15, -0.1) is 0 Å². The van der Waals surface area contributed by atoms with Crippen LogP contribution in [-0.2, 0) is 13.1 Å². The summed E-state index contributed by atoms with van der Waals surface area (Å²) in [6.45, 7) is 9.28. The van der Waals surface area contributed by atoms with Crippen molar-refractivity contribution in [2.24, 2.45) is 11.7 Å². The lowest BCUT2D eigenvalue weighted by Crippen LogP contribution is -2.41. The zero-order valence-electron chi connectivity index (χ0n) is 21.9. The van der Waals surface area contributed by atoms with E-state index in [1.165, 1.54) is 40.6 Å². The molecule has 1 saturated carbocycles. The van der Waals surface area contributed by atoms with Crippen LogP contribution in [-0.4, -0.2) is 58.9 Å². The molecule has 37 heavy (non-hydrogen) atoms. The highest BCUT2D eigenvalue weighted by molar-refractivity contribution is 5.96. The quantitative estimate of drug-likeness (QED) is 0.411. The number of hydrogen-bond acceptors (Lipinski definition) is 5. The Kier molecular flexibility index (Phi) is 5.25. The molecule has 0 radical (unpaired) electrons. The van der Waals surface area contributed by atoms with Crippen molar-refractivity contribution < 1.29 is 4.74 Å². The Labute approximate surface area is 218 Å². The fourth-order valence-electron chi connectivity index (χ4n) is 6.23. The van der Waals surface area contributed by atoms with E-state index in [-0.39, 0.29) is 6.04 Å². The summed E-state index contributed by atoms with van der Waals surface area (Å²) in [7, 11) is 3.92. The van der Waals surface area contributed by atoms with Gasteiger partial charge in [-0.05, 0) is 61.9 Å². The van der Waals surface area contributed by atoms with E-state index in [0.717, 1.165) is 79.8 Å². The number of anilines is 1. The fraction of sp³-hybridized carbons (Fsp3) is 0.433. The maximum atomic E-state index is 6.29. The van der Waals surface area contributed by atoms with Crippen LogP contribution in [0.25, 0.3) is 39.2 Å². The summed E-state index contributed by atoms with van der Waals surface area (Å²) in [6, 6.07) is 13.5. The van der Waals surface area contributed by atoms with Crippen molar-refractivity contribution in [3.05, 3.63) is 48.5 Å². The summed E-state index contributed by atoms with van der Waals surface area (Å²) in [4.78, 5) is 10.0. The van der Waals surface area contributed by atoms with Gasteiger partial charge in [-0.2, -0.15) is 0 Å². The van der Waals surface area contributed by atoms with Crippen LogP contribution in [0.3, 0.4) is 0 Å². The summed E-state index contributed by atoms with van der Waals surface area (Å²) in [5.74, 6) is 2.70. The van der Waals surface area contributed by atoms with Gasteiger partial charge in [-0.1, -0.05) is 6.58 Å². The Hall–Kier alpha value is -3.45. The number of likely N-dealkylation sites (N-methyl/N-ethyl adjacent to an activating group) is 1. The number of aromatic nitrogens is 3. The largest absolute Gasteiger partial charge is 0.497 e. The SMILES string of the molecule is C=C(c1cc2c3c(c1)nc(-c1cc4ccc(OC)cc4n1CC1CC1)n3CCN2C)N1CCCC(N)C1. The molecule has 1 saturated heterocycles. The summed E-state index contributed by atoms with van der Waals surface area (Å²) in [5.41, 5.74) is 14.4. The van der Waals surface area contributed by atoms with Crippen LogP contribution in [0.5, 0.6) is 5.75 Å². The highest BCUT2D eigenvalue weighted by Crippen LogP contribution is 2.41. The van der Waals surface area contributed by atoms with Crippen LogP contribution in [0.15, 0.2) is 43.0 Å². The number of likely N-dealkylation sites (tertiary alicyclic amines) is 1. The van der Waals surface area contributed by atoms with Gasteiger partial charge in [0.2, 0.25) is 0 Å². The van der Waals surface area contributed by atoms with Crippen LogP contribution in [0, 0.1) is 5.92 Å². The topological polar surface area (TPSA) is 64.5 Å². The Bertz CT molecular complexity index is 1530. The van der Waals surface area contributed by atoms with E-state index in [0.29, 0.717) is 0 Å². The molecule has 2 aliphatic heterocycles. The third kappa shape index (κ3) is 3.79. The number of hydrogen-bond donors (Lipinski definition) is 1. The molecule has 1 atom stereocenters. The number of ether oxygens (including phenoxy) is 1. The Morgan fingerprint density at radius 1 is 1.11 bits per heavy atom. The number of fused-ring (bicyclic) bond motifs is 1. The summed E-state index contributed by atoms with van der Waals surface area (Å²) < 4.78 is 10.5. The maximum absolute atomic E-state index is 6.29. The standard InChI is InChI=1S/C30H36N6O/c1-19(34-10-4-5-23(31)18-34)22-13-25-29-27(15-22)33(2)11-12-35(29)30(32-25)28-14-21-8-9-24(37-3)16-26(21)36(28)17-20-6-7-20/h8-9,13-16,20,23H,1,4-7,10-12,17-18,31H2,2-3H3. The van der Waals surface area contributed by atoms with E-state index in [1.807, 2.05) is 0 Å². The van der Waals surface area contributed by atoms with Gasteiger partial charge in [0.15, 0.2) is 5.82 Å². The predicted molar refractivity (Wildman–Crippen MR) is 151 cm³/mol. The molecule has 1 unspecified atom stereocenters. The van der Waals surface area contributed by atoms with Crippen molar-refractivity contribution in [1.82, 2.24) is 19.0 Å². The van der Waals surface area contributed by atoms with Crippen molar-refractivity contribution in [1.29, 1.82) is 0 Å². The van der Waals surface area contributed by atoms with E-state index in [2.05, 4.69) is 69.0 Å². The minimum Gasteiger partial charge on any atom is -0.497 e. The van der Waals surface area contributed by atoms with Gasteiger partial charge in [-0.3, -0.25) is 0 Å². The van der Waals surface area contributed by atoms with Crippen LogP contribution in [0.2, 0.25) is 0 Å². The zero-order valence-corrected chi connectivity index (χ0v) is 21.9. The van der Waals surface area contributed by atoms with Gasteiger partial charge in [0.05, 0.1) is 35.0 Å². The first-order chi connectivity index (χ1) is 18.0. The van der Waals surface area contributed by atoms with Crippen LogP contribution in [0.1, 0.15) is 31.2 Å². The van der Waals surface area contributed by atoms with E-state index in [4.69, 9.17) is 15.5 Å². The first-order valence-corrected chi connectivity index (χ1v) is 13.6. The van der Waals surface area contributed by atoms with E-state index in [9.17, 15) is 0 Å². The summed E-state index contributed by atoms with van der Waals surface area (Å²) >= 11 is 0. The average molecular weight is 497 g/mol. The normalized spacial score (nSPS) is 19.7. The Morgan fingerprint density at radius 3 is 2.76 bits per heavy atom. The number of nitrogens with zero attached hydrogens (tertiary/aromatic N) is 5. The lowest BCUT2D eigenvalue weighted by Gasteiger charge is -2.34. The molecule has 2 aromatic heterocycles. The Morgan fingerprint density at radius 2 is 1.97 bits per heavy atom. The second-order valence-corrected chi connectivity index (χ2v) is 11.2. The lowest BCUT2D eigenvalue weighted by molar-refractivity contribution is 0.296. The van der Waals surface area contributed by atoms with Crippen molar-refractivity contribution in [3.63, 3.8) is 0 Å². The molecule has 0 bridgehead atoms. The molecule has 0 spiro atoms. The van der Waals surface area contributed by atoms with E-state index >= 15 is 0 Å². The molecule has 7 heteroatoms. The molecule has 1 aliphatic carbocycles. The van der Waals surface area contributed by atoms with Crippen LogP contribution in [0.4, 0.5) is 5.69 Å². The van der Waals surface area contributed by atoms with Crippen molar-refractivity contribution in [2.45, 2.75) is 44.8 Å². The van der Waals surface area contributed by atoms with Gasteiger partial charge in [0.1, 0.15) is 5.75 Å². The number of rotatable bonds is 6. The van der Waals surface area contributed by atoms with Gasteiger partial charge in [0, 0.05) is 68.5 Å². The molecule has 2 fully saturated rings. The number of benzene rings is 2. The second kappa shape index (κ2) is 8.55. The maximum Gasteiger partial charge on any atom is 0.157 e. The zero-order chi connectivity index (χ0) is 25.3. The van der Waals surface area contributed by atoms with Gasteiger partial charge >= 0.3 is 0 Å². The smallest absolute Gasteiger partial charge is 0.157 e. The van der Waals surface area contributed by atoms with Crippen molar-refractivity contribution >= 4 is 33.3 Å². The molecule has 2 N–H and O–H groups in total. The van der Waals surface area contributed by atoms with Crippen LogP contribution < -0.4 is 15.4 Å². The van der Waals surface area contributed by atoms with Gasteiger partial charge in [0.25, 0.3) is 0 Å². The third-order valence-electron chi connectivity index (χ3n) is 8.54. The highest BCUT2D eigenvalue weighted by atomic mass is 16.5. The molecule has 3 aliphatic rings. The molecular formula is C30H36N6O. The van der Waals surface area contributed by atoms with E-state index < -0.39 is 0 Å². The third-order valence-corrected chi connectivity index (χ3v) is 8.54. The molecule has 4 aromatic rings. The monoisotopic (exact) mass is 496 g/mol. The number of methoxy groups -OCH3 is 1. The first kappa shape index (κ1) is 22.7. The van der Waals surface area contributed by atoms with Crippen molar-refractivity contribution in [2.75, 3.05) is 38.7 Å². The predicted octanol–water partition coefficient (Wildman–Crippen LogP) is 4.92. The fourth-order valence-corrected chi connectivity index (χ4v) is 6.23. The molecule has 0 amide bonds. The second-order valence-electron chi connectivity index (χ2n) is 11.2. The number of imidazole rings is 1. The molecule has 4 heterocycles. The molecule has 192 valence electrons. The minimum atomic E-state index is 0.216. The summed E-state index contributed by atoms with van der Waals surface area (Å²) in [6.07, 6.45) is 4.82. The van der Waals surface area contributed by atoms with Crippen LogP contribution >= 0.6 is 0 Å². The first-order valence-electron chi connectivity index (χ1n) is 13.6. The minimum absolute atomic E-state index is 0.216. The average Bonchev–Trinajstić information content (AvgIpc) is 3.56. The summed E-state index contributed by atoms with van der Waals surface area (Å²) in [5, 5.41) is 1.24. The lowest BCUT2D eigenvalue weighted by atomic mass is 10.0. The molecule has 2 aromatic carbocycles. The van der Waals surface area contributed by atoms with E-state index in [1.54, 1.807) is 7.11 Å². The van der Waals surface area contributed by atoms with Gasteiger partial charge < -0.3 is 29.4 Å². The Balaban J connectivity index is 1.39. The van der Waals surface area contributed by atoms with Gasteiger partial charge in [-0.25, -0.2) is 4.98 Å². The molecule has 7 rings (SSSR count). The molecule has 7 nitrogen and oxygen atoms in total.